The van der Waals surface area contributed by atoms with E-state index in [0.29, 0.717) is 35.0 Å². The van der Waals surface area contributed by atoms with Crippen LogP contribution in [0.4, 0.5) is 28.0 Å². The standard InChI is InChI=1S/C24H12BrClF4N2O5S/c25-16-7-12(1-5-19(16)37-20-6-3-14(24(28,29)30)9-18(20)32(35)36)8-21-22(33)31(23(34)38-21)11-13-2-4-15(27)10-17(13)26/h1-10H,11H2/b21-8-. The Bertz CT molecular complexity index is 1520. The van der Waals surface area contributed by atoms with Crippen molar-refractivity contribution in [2.75, 3.05) is 0 Å². The molecule has 1 fully saturated rings. The number of hydrogen-bond acceptors (Lipinski definition) is 6. The molecule has 3 aromatic carbocycles. The molecule has 38 heavy (non-hydrogen) atoms. The highest BCUT2D eigenvalue weighted by Gasteiger charge is 2.36. The SMILES string of the molecule is O=C1S/C(=C\c2ccc(Oc3ccc(C(F)(F)F)cc3[N+](=O)[O-])c(Br)c2)C(=O)N1Cc1ccc(F)cc1Cl. The van der Waals surface area contributed by atoms with Crippen molar-refractivity contribution in [3.8, 4) is 11.5 Å². The van der Waals surface area contributed by atoms with Gasteiger partial charge in [0.2, 0.25) is 5.75 Å². The number of amides is 2. The zero-order valence-corrected chi connectivity index (χ0v) is 21.8. The molecule has 1 aliphatic heterocycles. The topological polar surface area (TPSA) is 89.7 Å². The first-order chi connectivity index (χ1) is 17.8. The minimum Gasteiger partial charge on any atom is -0.449 e. The second kappa shape index (κ2) is 10.8. The number of alkyl halides is 3. The van der Waals surface area contributed by atoms with Crippen LogP contribution in [0.1, 0.15) is 16.7 Å². The third kappa shape index (κ3) is 6.00. The molecule has 0 radical (unpaired) electrons. The third-order valence-electron chi connectivity index (χ3n) is 5.17. The van der Waals surface area contributed by atoms with Crippen molar-refractivity contribution in [3.05, 3.63) is 102 Å². The van der Waals surface area contributed by atoms with Crippen LogP contribution in [0, 0.1) is 15.9 Å². The van der Waals surface area contributed by atoms with Crippen molar-refractivity contribution < 1.29 is 36.8 Å². The van der Waals surface area contributed by atoms with Crippen LogP contribution in [0.3, 0.4) is 0 Å². The molecule has 1 heterocycles. The first-order valence-corrected chi connectivity index (χ1v) is 12.3. The smallest absolute Gasteiger partial charge is 0.416 e. The van der Waals surface area contributed by atoms with Gasteiger partial charge in [0.1, 0.15) is 11.6 Å². The summed E-state index contributed by atoms with van der Waals surface area (Å²) in [5, 5.41) is 10.8. The summed E-state index contributed by atoms with van der Waals surface area (Å²) in [6.45, 7) is -0.149. The fraction of sp³-hybridized carbons (Fsp3) is 0.0833. The first kappa shape index (κ1) is 27.6. The molecule has 1 saturated heterocycles. The van der Waals surface area contributed by atoms with Crippen molar-refractivity contribution >= 4 is 62.2 Å². The number of imide groups is 1. The molecule has 7 nitrogen and oxygen atoms in total. The van der Waals surface area contributed by atoms with Crippen LogP contribution < -0.4 is 4.74 Å². The second-order valence-corrected chi connectivity index (χ2v) is 9.99. The van der Waals surface area contributed by atoms with Gasteiger partial charge in [-0.25, -0.2) is 4.39 Å². The zero-order valence-electron chi connectivity index (χ0n) is 18.6. The van der Waals surface area contributed by atoms with Crippen molar-refractivity contribution in [3.63, 3.8) is 0 Å². The molecule has 196 valence electrons. The molecule has 0 N–H and O–H groups in total. The maximum absolute atomic E-state index is 13.3. The summed E-state index contributed by atoms with van der Waals surface area (Å²) in [6.07, 6.45) is -3.33. The van der Waals surface area contributed by atoms with Gasteiger partial charge < -0.3 is 4.74 Å². The van der Waals surface area contributed by atoms with Crippen molar-refractivity contribution in [1.29, 1.82) is 0 Å². The molecular weight excluding hydrogens is 620 g/mol. The van der Waals surface area contributed by atoms with Gasteiger partial charge in [-0.1, -0.05) is 23.7 Å². The van der Waals surface area contributed by atoms with Crippen molar-refractivity contribution in [2.24, 2.45) is 0 Å². The first-order valence-electron chi connectivity index (χ1n) is 10.4. The highest BCUT2D eigenvalue weighted by molar-refractivity contribution is 9.10. The van der Waals surface area contributed by atoms with Gasteiger partial charge in [0.15, 0.2) is 0 Å². The van der Waals surface area contributed by atoms with E-state index in [-0.39, 0.29) is 26.7 Å². The lowest BCUT2D eigenvalue weighted by Gasteiger charge is -2.13. The van der Waals surface area contributed by atoms with Crippen LogP contribution in [0.5, 0.6) is 11.5 Å². The Hall–Kier alpha value is -3.42. The molecule has 0 unspecified atom stereocenters. The number of nitro groups is 1. The lowest BCUT2D eigenvalue weighted by atomic mass is 10.1. The Kier molecular flexibility index (Phi) is 7.81. The van der Waals surface area contributed by atoms with Crippen LogP contribution in [-0.2, 0) is 17.5 Å². The molecule has 4 rings (SSSR count). The predicted molar refractivity (Wildman–Crippen MR) is 135 cm³/mol. The molecule has 0 bridgehead atoms. The van der Waals surface area contributed by atoms with Crippen LogP contribution in [0.15, 0.2) is 64.0 Å². The quantitative estimate of drug-likeness (QED) is 0.118. The number of hydrogen-bond donors (Lipinski definition) is 0. The van der Waals surface area contributed by atoms with Gasteiger partial charge >= 0.3 is 11.9 Å². The minimum absolute atomic E-state index is 0.0593. The number of benzene rings is 3. The molecule has 1 aliphatic rings. The van der Waals surface area contributed by atoms with Crippen LogP contribution >= 0.6 is 39.3 Å². The van der Waals surface area contributed by atoms with Crippen molar-refractivity contribution in [2.45, 2.75) is 12.7 Å². The number of carbonyl (C=O) groups is 2. The Morgan fingerprint density at radius 1 is 1.08 bits per heavy atom. The van der Waals surface area contributed by atoms with Crippen LogP contribution in [-0.4, -0.2) is 21.0 Å². The number of ether oxygens (including phenoxy) is 1. The number of halogens is 6. The van der Waals surface area contributed by atoms with Crippen LogP contribution in [0.25, 0.3) is 6.08 Å². The molecule has 0 saturated carbocycles. The van der Waals surface area contributed by atoms with E-state index in [2.05, 4.69) is 15.9 Å². The molecule has 14 heteroatoms. The summed E-state index contributed by atoms with van der Waals surface area (Å²) in [4.78, 5) is 36.6. The maximum Gasteiger partial charge on any atom is 0.416 e. The Labute approximate surface area is 229 Å². The van der Waals surface area contributed by atoms with E-state index in [1.807, 2.05) is 0 Å². The van der Waals surface area contributed by atoms with Gasteiger partial charge in [0.25, 0.3) is 11.1 Å². The molecule has 0 atom stereocenters. The number of rotatable bonds is 6. The number of carbonyl (C=O) groups excluding carboxylic acids is 2. The predicted octanol–water partition coefficient (Wildman–Crippen LogP) is 8.20. The van der Waals surface area contributed by atoms with E-state index in [0.717, 1.165) is 23.1 Å². The third-order valence-corrected chi connectivity index (χ3v) is 7.05. The second-order valence-electron chi connectivity index (χ2n) is 7.73. The van der Waals surface area contributed by atoms with Crippen molar-refractivity contribution in [1.82, 2.24) is 4.90 Å². The summed E-state index contributed by atoms with van der Waals surface area (Å²) in [5.74, 6) is -1.49. The number of nitro benzene ring substituents is 1. The van der Waals surface area contributed by atoms with E-state index in [4.69, 9.17) is 16.3 Å². The molecule has 0 spiro atoms. The lowest BCUT2D eigenvalue weighted by molar-refractivity contribution is -0.385. The average Bonchev–Trinajstić information content (AvgIpc) is 3.09. The van der Waals surface area contributed by atoms with E-state index in [1.54, 1.807) is 0 Å². The normalized spacial score (nSPS) is 14.9. The Morgan fingerprint density at radius 3 is 2.42 bits per heavy atom. The van der Waals surface area contributed by atoms with E-state index in [9.17, 15) is 37.3 Å². The van der Waals surface area contributed by atoms with E-state index < -0.39 is 45.1 Å². The lowest BCUT2D eigenvalue weighted by Crippen LogP contribution is -2.27. The summed E-state index contributed by atoms with van der Waals surface area (Å²) in [5.41, 5.74) is -1.22. The molecule has 0 aromatic heterocycles. The summed E-state index contributed by atoms with van der Waals surface area (Å²) in [7, 11) is 0. The highest BCUT2D eigenvalue weighted by Crippen LogP contribution is 2.40. The fourth-order valence-corrected chi connectivity index (χ4v) is 4.88. The largest absolute Gasteiger partial charge is 0.449 e. The molecule has 3 aromatic rings. The highest BCUT2D eigenvalue weighted by atomic mass is 79.9. The Morgan fingerprint density at radius 2 is 1.79 bits per heavy atom. The van der Waals surface area contributed by atoms with Gasteiger partial charge in [0, 0.05) is 11.1 Å². The molecule has 0 aliphatic carbocycles. The van der Waals surface area contributed by atoms with E-state index >= 15 is 0 Å². The molecule has 2 amide bonds. The van der Waals surface area contributed by atoms with Gasteiger partial charge in [0.05, 0.1) is 26.4 Å². The monoisotopic (exact) mass is 630 g/mol. The summed E-state index contributed by atoms with van der Waals surface area (Å²) in [6, 6.07) is 9.89. The summed E-state index contributed by atoms with van der Waals surface area (Å²) < 4.78 is 57.9. The fourth-order valence-electron chi connectivity index (χ4n) is 3.34. The van der Waals surface area contributed by atoms with Gasteiger partial charge in [-0.05, 0) is 81.3 Å². The zero-order chi connectivity index (χ0) is 27.8. The van der Waals surface area contributed by atoms with Gasteiger partial charge in [-0.15, -0.1) is 0 Å². The Balaban J connectivity index is 1.54. The summed E-state index contributed by atoms with van der Waals surface area (Å²) >= 11 is 9.93. The van der Waals surface area contributed by atoms with Crippen LogP contribution in [0.2, 0.25) is 5.02 Å². The minimum atomic E-state index is -4.77. The maximum atomic E-state index is 13.3. The van der Waals surface area contributed by atoms with Gasteiger partial charge in [-0.3, -0.25) is 24.6 Å². The number of nitrogens with zero attached hydrogens (tertiary/aromatic N) is 2. The molecular formula is C24H12BrClF4N2O5S. The van der Waals surface area contributed by atoms with Gasteiger partial charge in [-0.2, -0.15) is 13.2 Å². The van der Waals surface area contributed by atoms with E-state index in [1.165, 1.54) is 30.3 Å². The number of thioether (sulfide) groups is 1. The average molecular weight is 632 g/mol.